The Labute approximate surface area is 119 Å². The van der Waals surface area contributed by atoms with Crippen LogP contribution in [0.25, 0.3) is 0 Å². The molecule has 1 aromatic heterocycles. The zero-order valence-electron chi connectivity index (χ0n) is 10.6. The van der Waals surface area contributed by atoms with Crippen LogP contribution in [-0.2, 0) is 9.53 Å². The number of amides is 1. The molecule has 0 saturated heterocycles. The molecule has 0 aliphatic heterocycles. The lowest BCUT2D eigenvalue weighted by atomic mass is 9.86. The van der Waals surface area contributed by atoms with Crippen molar-refractivity contribution >= 4 is 27.8 Å². The van der Waals surface area contributed by atoms with Crippen molar-refractivity contribution in [3.63, 3.8) is 0 Å². The standard InChI is InChI=1S/C13H16BrNO4/c1-18-13(17)8-2-4-9(5-3-8)15-12(16)10-6-7-11(14)19-10/h6-9H,2-5H2,1H3,(H,15,16). The van der Waals surface area contributed by atoms with Crippen LogP contribution in [-0.4, -0.2) is 25.0 Å². The summed E-state index contributed by atoms with van der Waals surface area (Å²) in [5.74, 6) is -0.107. The van der Waals surface area contributed by atoms with Crippen LogP contribution in [0.15, 0.2) is 21.2 Å². The molecule has 0 aromatic carbocycles. The number of hydrogen-bond acceptors (Lipinski definition) is 4. The van der Waals surface area contributed by atoms with Gasteiger partial charge in [0.2, 0.25) is 0 Å². The van der Waals surface area contributed by atoms with Crippen LogP contribution in [0.1, 0.15) is 36.2 Å². The van der Waals surface area contributed by atoms with E-state index in [0.717, 1.165) is 25.7 Å². The fourth-order valence-corrected chi connectivity index (χ4v) is 2.64. The Kier molecular flexibility index (Phi) is 4.63. The highest BCUT2D eigenvalue weighted by atomic mass is 79.9. The van der Waals surface area contributed by atoms with Crippen LogP contribution >= 0.6 is 15.9 Å². The third-order valence-corrected chi connectivity index (χ3v) is 3.82. The van der Waals surface area contributed by atoms with Gasteiger partial charge in [0.1, 0.15) is 0 Å². The maximum absolute atomic E-state index is 11.9. The molecule has 2 rings (SSSR count). The summed E-state index contributed by atoms with van der Waals surface area (Å²) in [5, 5.41) is 2.92. The predicted molar refractivity (Wildman–Crippen MR) is 71.6 cm³/mol. The van der Waals surface area contributed by atoms with E-state index in [1.54, 1.807) is 12.1 Å². The molecular formula is C13H16BrNO4. The van der Waals surface area contributed by atoms with Crippen LogP contribution in [0, 0.1) is 5.92 Å². The second-order valence-corrected chi connectivity index (χ2v) is 5.43. The molecule has 1 aliphatic carbocycles. The molecule has 0 atom stereocenters. The fourth-order valence-electron chi connectivity index (χ4n) is 2.33. The SMILES string of the molecule is COC(=O)C1CCC(NC(=O)c2ccc(Br)o2)CC1. The number of rotatable bonds is 3. The lowest BCUT2D eigenvalue weighted by Crippen LogP contribution is -2.38. The minimum Gasteiger partial charge on any atom is -0.469 e. The van der Waals surface area contributed by atoms with E-state index < -0.39 is 0 Å². The lowest BCUT2D eigenvalue weighted by Gasteiger charge is -2.27. The van der Waals surface area contributed by atoms with Crippen molar-refractivity contribution in [1.82, 2.24) is 5.32 Å². The molecule has 6 heteroatoms. The van der Waals surface area contributed by atoms with Crippen molar-refractivity contribution in [2.75, 3.05) is 7.11 Å². The molecule has 1 heterocycles. The summed E-state index contributed by atoms with van der Waals surface area (Å²) in [5.41, 5.74) is 0. The molecule has 0 unspecified atom stereocenters. The maximum atomic E-state index is 11.9. The molecule has 5 nitrogen and oxygen atoms in total. The summed E-state index contributed by atoms with van der Waals surface area (Å²) < 4.78 is 10.5. The van der Waals surface area contributed by atoms with Gasteiger partial charge in [-0.2, -0.15) is 0 Å². The van der Waals surface area contributed by atoms with Crippen molar-refractivity contribution < 1.29 is 18.7 Å². The zero-order chi connectivity index (χ0) is 13.8. The van der Waals surface area contributed by atoms with Crippen molar-refractivity contribution in [1.29, 1.82) is 0 Å². The number of nitrogens with one attached hydrogen (secondary N) is 1. The van der Waals surface area contributed by atoms with Gasteiger partial charge in [-0.05, 0) is 53.7 Å². The molecule has 1 aliphatic rings. The minimum atomic E-state index is -0.216. The smallest absolute Gasteiger partial charge is 0.308 e. The summed E-state index contributed by atoms with van der Waals surface area (Å²) in [6, 6.07) is 3.40. The molecule has 0 radical (unpaired) electrons. The highest BCUT2D eigenvalue weighted by Crippen LogP contribution is 2.25. The van der Waals surface area contributed by atoms with E-state index in [4.69, 9.17) is 9.15 Å². The number of halogens is 1. The van der Waals surface area contributed by atoms with Gasteiger partial charge < -0.3 is 14.5 Å². The van der Waals surface area contributed by atoms with Crippen LogP contribution in [0.2, 0.25) is 0 Å². The van der Waals surface area contributed by atoms with Gasteiger partial charge >= 0.3 is 5.97 Å². The second kappa shape index (κ2) is 6.23. The number of carbonyl (C=O) groups is 2. The van der Waals surface area contributed by atoms with Gasteiger partial charge in [0.25, 0.3) is 5.91 Å². The fraction of sp³-hybridized carbons (Fsp3) is 0.538. The highest BCUT2D eigenvalue weighted by molar-refractivity contribution is 9.10. The van der Waals surface area contributed by atoms with E-state index in [1.165, 1.54) is 7.11 Å². The van der Waals surface area contributed by atoms with Crippen LogP contribution in [0.3, 0.4) is 0 Å². The Bertz CT molecular complexity index is 463. The maximum Gasteiger partial charge on any atom is 0.308 e. The largest absolute Gasteiger partial charge is 0.469 e. The van der Waals surface area contributed by atoms with Gasteiger partial charge in [0.05, 0.1) is 13.0 Å². The summed E-state index contributed by atoms with van der Waals surface area (Å²) in [7, 11) is 1.41. The van der Waals surface area contributed by atoms with Crippen LogP contribution in [0.5, 0.6) is 0 Å². The molecule has 1 N–H and O–H groups in total. The molecule has 104 valence electrons. The average Bonchev–Trinajstić information content (AvgIpc) is 2.85. The average molecular weight is 330 g/mol. The Morgan fingerprint density at radius 1 is 1.32 bits per heavy atom. The molecule has 1 fully saturated rings. The Morgan fingerprint density at radius 3 is 2.53 bits per heavy atom. The van der Waals surface area contributed by atoms with Crippen LogP contribution < -0.4 is 5.32 Å². The lowest BCUT2D eigenvalue weighted by molar-refractivity contribution is -0.146. The van der Waals surface area contributed by atoms with Gasteiger partial charge in [-0.15, -0.1) is 0 Å². The third kappa shape index (κ3) is 3.59. The third-order valence-electron chi connectivity index (χ3n) is 3.39. The summed E-state index contributed by atoms with van der Waals surface area (Å²) >= 11 is 3.16. The van der Waals surface area contributed by atoms with Gasteiger partial charge in [0.15, 0.2) is 10.4 Å². The summed E-state index contributed by atoms with van der Waals surface area (Å²) in [6.45, 7) is 0. The second-order valence-electron chi connectivity index (χ2n) is 4.65. The minimum absolute atomic E-state index is 0.0316. The monoisotopic (exact) mass is 329 g/mol. The molecule has 0 spiro atoms. The number of hydrogen-bond donors (Lipinski definition) is 1. The van der Waals surface area contributed by atoms with E-state index in [-0.39, 0.29) is 23.8 Å². The van der Waals surface area contributed by atoms with E-state index in [9.17, 15) is 9.59 Å². The van der Waals surface area contributed by atoms with Gasteiger partial charge in [-0.3, -0.25) is 9.59 Å². The Morgan fingerprint density at radius 2 is 2.00 bits per heavy atom. The van der Waals surface area contributed by atoms with E-state index in [2.05, 4.69) is 21.2 Å². The molecule has 0 bridgehead atoms. The van der Waals surface area contributed by atoms with Gasteiger partial charge in [0, 0.05) is 6.04 Å². The number of esters is 1. The predicted octanol–water partition coefficient (Wildman–Crippen LogP) is 2.50. The quantitative estimate of drug-likeness (QED) is 0.865. The van der Waals surface area contributed by atoms with Crippen molar-refractivity contribution in [3.05, 3.63) is 22.6 Å². The first-order valence-corrected chi connectivity index (χ1v) is 7.03. The number of furan rings is 1. The topological polar surface area (TPSA) is 68.5 Å². The molecule has 1 saturated carbocycles. The zero-order valence-corrected chi connectivity index (χ0v) is 12.2. The first kappa shape index (κ1) is 14.1. The van der Waals surface area contributed by atoms with Crippen molar-refractivity contribution in [2.45, 2.75) is 31.7 Å². The highest BCUT2D eigenvalue weighted by Gasteiger charge is 2.28. The molecular weight excluding hydrogens is 314 g/mol. The molecule has 1 aromatic rings. The van der Waals surface area contributed by atoms with E-state index in [0.29, 0.717) is 10.4 Å². The van der Waals surface area contributed by atoms with E-state index in [1.807, 2.05) is 0 Å². The number of methoxy groups -OCH3 is 1. The van der Waals surface area contributed by atoms with Crippen molar-refractivity contribution in [3.8, 4) is 0 Å². The number of ether oxygens (including phenoxy) is 1. The molecule has 19 heavy (non-hydrogen) atoms. The summed E-state index contributed by atoms with van der Waals surface area (Å²) in [4.78, 5) is 23.3. The van der Waals surface area contributed by atoms with Gasteiger partial charge in [-0.1, -0.05) is 0 Å². The Balaban J connectivity index is 1.82. The first-order valence-electron chi connectivity index (χ1n) is 6.24. The number of carbonyl (C=O) groups excluding carboxylic acids is 2. The van der Waals surface area contributed by atoms with Crippen molar-refractivity contribution in [2.24, 2.45) is 5.92 Å². The summed E-state index contributed by atoms with van der Waals surface area (Å²) in [6.07, 6.45) is 3.07. The van der Waals surface area contributed by atoms with Crippen LogP contribution in [0.4, 0.5) is 0 Å². The first-order chi connectivity index (χ1) is 9.10. The van der Waals surface area contributed by atoms with Gasteiger partial charge in [-0.25, -0.2) is 0 Å². The normalized spacial score (nSPS) is 22.8. The Hall–Kier alpha value is -1.30. The molecule has 1 amide bonds. The van der Waals surface area contributed by atoms with E-state index >= 15 is 0 Å².